The van der Waals surface area contributed by atoms with Gasteiger partial charge >= 0.3 is 0 Å². The highest BCUT2D eigenvalue weighted by atomic mass is 16.2. The van der Waals surface area contributed by atoms with Crippen LogP contribution in [0.4, 0.5) is 0 Å². The molecule has 1 aliphatic rings. The van der Waals surface area contributed by atoms with Crippen LogP contribution in [0.2, 0.25) is 0 Å². The lowest BCUT2D eigenvalue weighted by Gasteiger charge is -2.16. The Morgan fingerprint density at radius 1 is 0.893 bits per heavy atom. The number of carbonyl (C=O) groups is 1. The fourth-order valence-electron chi connectivity index (χ4n) is 3.98. The Balaban J connectivity index is 1.78. The van der Waals surface area contributed by atoms with E-state index in [1.54, 1.807) is 0 Å². The zero-order valence-corrected chi connectivity index (χ0v) is 17.6. The molecule has 1 aliphatic heterocycles. The van der Waals surface area contributed by atoms with E-state index in [0.717, 1.165) is 12.1 Å². The number of rotatable bonds is 9. The summed E-state index contributed by atoms with van der Waals surface area (Å²) in [6.45, 7) is 6.18. The highest BCUT2D eigenvalue weighted by Gasteiger charge is 2.37. The SMILES string of the molecule is CCCCCCCCCc1cccc2cccc(/C=C3\NNC(=O)C3(C)C)c12. The minimum atomic E-state index is -0.532. The average molecular weight is 379 g/mol. The Morgan fingerprint density at radius 3 is 2.25 bits per heavy atom. The Kier molecular flexibility index (Phi) is 6.77. The molecule has 0 atom stereocenters. The van der Waals surface area contributed by atoms with E-state index in [1.807, 2.05) is 13.8 Å². The van der Waals surface area contributed by atoms with Crippen LogP contribution in [-0.4, -0.2) is 5.91 Å². The van der Waals surface area contributed by atoms with Crippen LogP contribution in [-0.2, 0) is 11.2 Å². The van der Waals surface area contributed by atoms with Gasteiger partial charge in [0.1, 0.15) is 0 Å². The van der Waals surface area contributed by atoms with E-state index in [9.17, 15) is 4.79 Å². The van der Waals surface area contributed by atoms with Gasteiger partial charge in [-0.3, -0.25) is 10.2 Å². The summed E-state index contributed by atoms with van der Waals surface area (Å²) in [6.07, 6.45) is 12.5. The fraction of sp³-hybridized carbons (Fsp3) is 0.480. The normalized spacial score (nSPS) is 17.1. The molecular weight excluding hydrogens is 344 g/mol. The van der Waals surface area contributed by atoms with Gasteiger partial charge in [0.25, 0.3) is 0 Å². The summed E-state index contributed by atoms with van der Waals surface area (Å²) in [5, 5.41) is 2.59. The molecule has 1 amide bonds. The van der Waals surface area contributed by atoms with Gasteiger partial charge in [0.15, 0.2) is 0 Å². The molecule has 2 aromatic rings. The van der Waals surface area contributed by atoms with Crippen molar-refractivity contribution in [3.63, 3.8) is 0 Å². The molecule has 3 rings (SSSR count). The maximum Gasteiger partial charge on any atom is 0.249 e. The maximum absolute atomic E-state index is 12.1. The van der Waals surface area contributed by atoms with Crippen LogP contribution in [0, 0.1) is 5.41 Å². The van der Waals surface area contributed by atoms with Crippen LogP contribution < -0.4 is 10.9 Å². The van der Waals surface area contributed by atoms with Crippen LogP contribution in [0.1, 0.15) is 76.8 Å². The van der Waals surface area contributed by atoms with Gasteiger partial charge in [-0.1, -0.05) is 81.8 Å². The van der Waals surface area contributed by atoms with Crippen molar-refractivity contribution in [2.75, 3.05) is 0 Å². The number of hydrogen-bond donors (Lipinski definition) is 2. The number of hydrogen-bond acceptors (Lipinski definition) is 2. The first kappa shape index (κ1) is 20.4. The number of carbonyl (C=O) groups excluding carboxylic acids is 1. The molecule has 150 valence electrons. The fourth-order valence-corrected chi connectivity index (χ4v) is 3.98. The van der Waals surface area contributed by atoms with Gasteiger partial charge in [-0.15, -0.1) is 0 Å². The number of hydrazine groups is 1. The summed E-state index contributed by atoms with van der Waals surface area (Å²) in [7, 11) is 0. The van der Waals surface area contributed by atoms with Crippen molar-refractivity contribution in [2.45, 2.75) is 72.1 Å². The topological polar surface area (TPSA) is 41.1 Å². The van der Waals surface area contributed by atoms with Crippen molar-refractivity contribution < 1.29 is 4.79 Å². The Morgan fingerprint density at radius 2 is 1.57 bits per heavy atom. The largest absolute Gasteiger partial charge is 0.302 e. The second kappa shape index (κ2) is 9.27. The first-order chi connectivity index (χ1) is 13.5. The van der Waals surface area contributed by atoms with Crippen molar-refractivity contribution in [1.82, 2.24) is 10.9 Å². The highest BCUT2D eigenvalue weighted by molar-refractivity contribution is 5.95. The zero-order chi connectivity index (χ0) is 20.0. The summed E-state index contributed by atoms with van der Waals surface area (Å²) in [5.74, 6) is 0.0160. The van der Waals surface area contributed by atoms with Crippen LogP contribution in [0.5, 0.6) is 0 Å². The van der Waals surface area contributed by atoms with E-state index in [2.05, 4.69) is 60.2 Å². The predicted molar refractivity (Wildman–Crippen MR) is 119 cm³/mol. The average Bonchev–Trinajstić information content (AvgIpc) is 2.94. The van der Waals surface area contributed by atoms with E-state index in [1.165, 1.54) is 66.8 Å². The molecule has 28 heavy (non-hydrogen) atoms. The number of fused-ring (bicyclic) bond motifs is 1. The first-order valence-corrected chi connectivity index (χ1v) is 10.8. The Hall–Kier alpha value is -2.29. The van der Waals surface area contributed by atoms with Crippen molar-refractivity contribution in [3.8, 4) is 0 Å². The minimum Gasteiger partial charge on any atom is -0.302 e. The molecule has 0 spiro atoms. The minimum absolute atomic E-state index is 0.0160. The van der Waals surface area contributed by atoms with Crippen molar-refractivity contribution in [3.05, 3.63) is 53.2 Å². The van der Waals surface area contributed by atoms with Gasteiger partial charge in [0, 0.05) is 5.70 Å². The highest BCUT2D eigenvalue weighted by Crippen LogP contribution is 2.32. The molecule has 1 fully saturated rings. The summed E-state index contributed by atoms with van der Waals surface area (Å²) in [5.41, 5.74) is 8.80. The molecule has 3 heteroatoms. The molecule has 1 saturated heterocycles. The van der Waals surface area contributed by atoms with Crippen LogP contribution >= 0.6 is 0 Å². The van der Waals surface area contributed by atoms with Gasteiger partial charge in [-0.2, -0.15) is 0 Å². The van der Waals surface area contributed by atoms with E-state index < -0.39 is 5.41 Å². The lowest BCUT2D eigenvalue weighted by Crippen LogP contribution is -2.28. The van der Waals surface area contributed by atoms with Crippen molar-refractivity contribution in [2.24, 2.45) is 5.41 Å². The monoisotopic (exact) mass is 378 g/mol. The second-order valence-electron chi connectivity index (χ2n) is 8.50. The second-order valence-corrected chi connectivity index (χ2v) is 8.50. The van der Waals surface area contributed by atoms with E-state index in [-0.39, 0.29) is 5.91 Å². The number of aryl methyl sites for hydroxylation is 1. The molecule has 0 bridgehead atoms. The van der Waals surface area contributed by atoms with E-state index in [0.29, 0.717) is 0 Å². The smallest absolute Gasteiger partial charge is 0.249 e. The Labute approximate surface area is 169 Å². The first-order valence-electron chi connectivity index (χ1n) is 10.8. The standard InChI is InChI=1S/C25H34N2O/c1-4-5-6-7-8-9-10-13-19-14-11-15-20-16-12-17-21(23(19)20)18-22-25(2,3)24(28)27-26-22/h11-12,14-18,26H,4-10,13H2,1-3H3,(H,27,28)/b22-18-. The molecule has 0 saturated carbocycles. The molecule has 1 heterocycles. The number of benzene rings is 2. The molecule has 0 radical (unpaired) electrons. The zero-order valence-electron chi connectivity index (χ0n) is 17.6. The number of amides is 1. The molecule has 0 aromatic heterocycles. The lowest BCUT2D eigenvalue weighted by atomic mass is 9.87. The third kappa shape index (κ3) is 4.57. The lowest BCUT2D eigenvalue weighted by molar-refractivity contribution is -0.125. The summed E-state index contributed by atoms with van der Waals surface area (Å²) < 4.78 is 0. The number of nitrogens with one attached hydrogen (secondary N) is 2. The predicted octanol–water partition coefficient (Wildman–Crippen LogP) is 6.13. The van der Waals surface area contributed by atoms with Gasteiger partial charge in [-0.05, 0) is 54.7 Å². The third-order valence-electron chi connectivity index (χ3n) is 5.92. The quantitative estimate of drug-likeness (QED) is 0.515. The maximum atomic E-state index is 12.1. The van der Waals surface area contributed by atoms with Crippen LogP contribution in [0.15, 0.2) is 42.1 Å². The molecule has 0 unspecified atom stereocenters. The van der Waals surface area contributed by atoms with Crippen molar-refractivity contribution in [1.29, 1.82) is 0 Å². The molecule has 2 aromatic carbocycles. The number of unbranched alkanes of at least 4 members (excludes halogenated alkanes) is 6. The Bertz CT molecular complexity index is 845. The van der Waals surface area contributed by atoms with Crippen LogP contribution in [0.25, 0.3) is 16.8 Å². The van der Waals surface area contributed by atoms with Crippen molar-refractivity contribution >= 4 is 22.8 Å². The third-order valence-corrected chi connectivity index (χ3v) is 5.92. The summed E-state index contributed by atoms with van der Waals surface area (Å²) >= 11 is 0. The summed E-state index contributed by atoms with van der Waals surface area (Å²) in [6, 6.07) is 13.1. The summed E-state index contributed by atoms with van der Waals surface area (Å²) in [4.78, 5) is 12.1. The van der Waals surface area contributed by atoms with Gasteiger partial charge < -0.3 is 5.43 Å². The molecular formula is C25H34N2O. The molecule has 0 aliphatic carbocycles. The van der Waals surface area contributed by atoms with E-state index in [4.69, 9.17) is 0 Å². The van der Waals surface area contributed by atoms with Gasteiger partial charge in [0.2, 0.25) is 5.91 Å². The molecule has 2 N–H and O–H groups in total. The van der Waals surface area contributed by atoms with Crippen LogP contribution in [0.3, 0.4) is 0 Å². The van der Waals surface area contributed by atoms with E-state index >= 15 is 0 Å². The molecule has 3 nitrogen and oxygen atoms in total. The van der Waals surface area contributed by atoms with Gasteiger partial charge in [-0.25, -0.2) is 0 Å². The van der Waals surface area contributed by atoms with Gasteiger partial charge in [0.05, 0.1) is 5.41 Å².